The third kappa shape index (κ3) is 3.18. The molecule has 0 aliphatic heterocycles. The summed E-state index contributed by atoms with van der Waals surface area (Å²) >= 11 is 0. The van der Waals surface area contributed by atoms with E-state index in [2.05, 4.69) is 13.3 Å². The van der Waals surface area contributed by atoms with Gasteiger partial charge >= 0.3 is 0 Å². The van der Waals surface area contributed by atoms with Gasteiger partial charge in [-0.15, -0.1) is 15.8 Å². The fourth-order valence-electron chi connectivity index (χ4n) is 6.78. The molecule has 0 aromatic heterocycles. The molecule has 2 unspecified atom stereocenters. The maximum absolute atomic E-state index is 2.71. The van der Waals surface area contributed by atoms with Gasteiger partial charge < -0.3 is 0 Å². The Morgan fingerprint density at radius 2 is 1.32 bits per heavy atom. The molecule has 5 fully saturated rings. The quantitative estimate of drug-likeness (QED) is 0.501. The summed E-state index contributed by atoms with van der Waals surface area (Å²) in [6.45, 7) is 5.36. The smallest absolute Gasteiger partial charge is 0.00888 e. The van der Waals surface area contributed by atoms with E-state index in [0.29, 0.717) is 15.8 Å². The number of hydrogen-bond donors (Lipinski definition) is 0. The molecule has 4 bridgehead atoms. The highest BCUT2D eigenvalue weighted by Gasteiger charge is 2.52. The first-order chi connectivity index (χ1) is 10.6. The van der Waals surface area contributed by atoms with E-state index in [4.69, 9.17) is 0 Å². The first-order valence-corrected chi connectivity index (χ1v) is 14.1. The van der Waals surface area contributed by atoms with E-state index >= 15 is 0 Å². The van der Waals surface area contributed by atoms with Crippen LogP contribution in [0.4, 0.5) is 0 Å². The van der Waals surface area contributed by atoms with Crippen molar-refractivity contribution < 1.29 is 0 Å². The summed E-state index contributed by atoms with van der Waals surface area (Å²) in [4.78, 5) is 0. The fourth-order valence-corrected chi connectivity index (χ4v) is 13.0. The molecule has 5 aliphatic carbocycles. The second-order valence-electron chi connectivity index (χ2n) is 9.34. The van der Waals surface area contributed by atoms with Gasteiger partial charge in [-0.3, -0.25) is 0 Å². The van der Waals surface area contributed by atoms with E-state index in [1.807, 2.05) is 0 Å². The van der Waals surface area contributed by atoms with Crippen molar-refractivity contribution in [3.8, 4) is 0 Å². The minimum atomic E-state index is 0.308. The number of hydrogen-bond acceptors (Lipinski definition) is 0. The molecule has 0 N–H and O–H groups in total. The largest absolute Gasteiger partial charge is 0.106 e. The Hall–Kier alpha value is 0.860. The van der Waals surface area contributed by atoms with Crippen molar-refractivity contribution in [2.24, 2.45) is 17.8 Å². The van der Waals surface area contributed by atoms with Crippen molar-refractivity contribution >= 4 is 15.8 Å². The Bertz CT molecular complexity index is 350. The van der Waals surface area contributed by atoms with Crippen molar-refractivity contribution in [1.82, 2.24) is 0 Å². The molecule has 0 spiro atoms. The maximum atomic E-state index is 2.71. The summed E-state index contributed by atoms with van der Waals surface area (Å²) in [5, 5.41) is 0.868. The van der Waals surface area contributed by atoms with Crippen LogP contribution in [0.1, 0.15) is 70.6 Å². The first-order valence-electron chi connectivity index (χ1n) is 10.1. The lowest BCUT2D eigenvalue weighted by Crippen LogP contribution is -2.49. The predicted molar refractivity (Wildman–Crippen MR) is 103 cm³/mol. The molecule has 22 heavy (non-hydrogen) atoms. The molecule has 5 saturated carbocycles. The Morgan fingerprint density at radius 1 is 0.773 bits per heavy atom. The van der Waals surface area contributed by atoms with E-state index in [1.54, 1.807) is 63.7 Å². The van der Waals surface area contributed by atoms with Crippen LogP contribution in [-0.2, 0) is 0 Å². The molecular formula is C20H36P2. The maximum Gasteiger partial charge on any atom is -0.00888 e. The van der Waals surface area contributed by atoms with Gasteiger partial charge in [0, 0.05) is 0 Å². The van der Waals surface area contributed by atoms with Crippen LogP contribution in [0.25, 0.3) is 0 Å². The molecule has 0 nitrogen and oxygen atoms in total. The predicted octanol–water partition coefficient (Wildman–Crippen LogP) is 6.51. The van der Waals surface area contributed by atoms with Crippen LogP contribution in [0.2, 0.25) is 0 Å². The van der Waals surface area contributed by atoms with E-state index in [9.17, 15) is 0 Å². The van der Waals surface area contributed by atoms with Gasteiger partial charge in [-0.05, 0) is 106 Å². The van der Waals surface area contributed by atoms with Crippen molar-refractivity contribution in [2.75, 3.05) is 25.7 Å². The van der Waals surface area contributed by atoms with Crippen LogP contribution in [0.3, 0.4) is 0 Å². The lowest BCUT2D eigenvalue weighted by atomic mass is 9.56. The van der Waals surface area contributed by atoms with Crippen LogP contribution in [0, 0.1) is 17.8 Å². The summed E-state index contributed by atoms with van der Waals surface area (Å²) < 4.78 is 0. The third-order valence-corrected chi connectivity index (χ3v) is 13.9. The fraction of sp³-hybridized carbons (Fsp3) is 1.00. The molecule has 0 aromatic carbocycles. The molecule has 126 valence electrons. The van der Waals surface area contributed by atoms with Crippen LogP contribution < -0.4 is 0 Å². The third-order valence-electron chi connectivity index (χ3n) is 7.80. The lowest BCUT2D eigenvalue weighted by Gasteiger charge is -2.59. The molecule has 0 aromatic rings. The Morgan fingerprint density at radius 3 is 1.86 bits per heavy atom. The first kappa shape index (κ1) is 16.3. The second-order valence-corrected chi connectivity index (χ2v) is 14.8. The highest BCUT2D eigenvalue weighted by Crippen LogP contribution is 2.67. The summed E-state index contributed by atoms with van der Waals surface area (Å²) in [6, 6.07) is 0. The Balaban J connectivity index is 1.33. The van der Waals surface area contributed by atoms with E-state index in [1.165, 1.54) is 19.3 Å². The lowest BCUT2D eigenvalue weighted by molar-refractivity contribution is 0.0357. The van der Waals surface area contributed by atoms with E-state index in [0.717, 1.165) is 28.6 Å². The molecule has 2 atom stereocenters. The highest BCUT2D eigenvalue weighted by atomic mass is 31.1. The average Bonchev–Trinajstić information content (AvgIpc) is 2.51. The minimum absolute atomic E-state index is 0.308. The van der Waals surface area contributed by atoms with Crippen molar-refractivity contribution in [3.05, 3.63) is 0 Å². The Labute approximate surface area is 141 Å². The van der Waals surface area contributed by atoms with Gasteiger partial charge in [0.1, 0.15) is 0 Å². The highest BCUT2D eigenvalue weighted by molar-refractivity contribution is 7.62. The SMILES string of the molecule is CP(CCP(C)C12CC3CC(CC(C3)C1)C2)C1CCCCC1. The zero-order chi connectivity index (χ0) is 15.2. The van der Waals surface area contributed by atoms with Gasteiger partial charge in [0.05, 0.1) is 0 Å². The molecular weight excluding hydrogens is 302 g/mol. The monoisotopic (exact) mass is 338 g/mol. The van der Waals surface area contributed by atoms with Crippen LogP contribution in [-0.4, -0.2) is 36.5 Å². The van der Waals surface area contributed by atoms with Gasteiger partial charge in [0.2, 0.25) is 0 Å². The zero-order valence-corrected chi connectivity index (χ0v) is 16.7. The average molecular weight is 338 g/mol. The molecule has 0 heterocycles. The summed E-state index contributed by atoms with van der Waals surface area (Å²) in [6.07, 6.45) is 20.8. The van der Waals surface area contributed by atoms with Crippen molar-refractivity contribution in [1.29, 1.82) is 0 Å². The zero-order valence-electron chi connectivity index (χ0n) is 14.9. The normalized spacial score (nSPS) is 44.2. The van der Waals surface area contributed by atoms with E-state index in [-0.39, 0.29) is 0 Å². The number of rotatable bonds is 5. The molecule has 5 aliphatic rings. The van der Waals surface area contributed by atoms with Gasteiger partial charge in [0.15, 0.2) is 0 Å². The van der Waals surface area contributed by atoms with Crippen LogP contribution >= 0.6 is 15.8 Å². The Kier molecular flexibility index (Phi) is 4.93. The second kappa shape index (κ2) is 6.64. The summed E-state index contributed by atoms with van der Waals surface area (Å²) in [5.41, 5.74) is 1.14. The topological polar surface area (TPSA) is 0 Å². The van der Waals surface area contributed by atoms with Gasteiger partial charge in [-0.1, -0.05) is 19.3 Å². The molecule has 0 saturated heterocycles. The molecule has 2 heteroatoms. The van der Waals surface area contributed by atoms with E-state index < -0.39 is 0 Å². The van der Waals surface area contributed by atoms with Gasteiger partial charge in [-0.2, -0.15) is 0 Å². The summed E-state index contributed by atoms with van der Waals surface area (Å²) in [5.74, 6) is 3.45. The minimum Gasteiger partial charge on any atom is -0.106 e. The summed E-state index contributed by atoms with van der Waals surface area (Å²) in [7, 11) is 0.652. The van der Waals surface area contributed by atoms with Crippen molar-refractivity contribution in [2.45, 2.75) is 81.4 Å². The standard InChI is InChI=1S/C20H36P2/c1-21(19-6-4-3-5-7-19)8-9-22(2)20-13-16-10-17(14-20)12-18(11-16)15-20/h16-19H,3-15H2,1-2H3. The van der Waals surface area contributed by atoms with Crippen molar-refractivity contribution in [3.63, 3.8) is 0 Å². The van der Waals surface area contributed by atoms with Gasteiger partial charge in [-0.25, -0.2) is 0 Å². The molecule has 0 radical (unpaired) electrons. The van der Waals surface area contributed by atoms with Crippen LogP contribution in [0.15, 0.2) is 0 Å². The molecule has 0 amide bonds. The van der Waals surface area contributed by atoms with Crippen LogP contribution in [0.5, 0.6) is 0 Å². The molecule has 5 rings (SSSR count). The van der Waals surface area contributed by atoms with Gasteiger partial charge in [0.25, 0.3) is 0 Å².